The number of amides is 2. The second kappa shape index (κ2) is 5.41. The number of hydrogen-bond donors (Lipinski definition) is 1. The van der Waals surface area contributed by atoms with E-state index in [1.807, 2.05) is 6.92 Å². The quantitative estimate of drug-likeness (QED) is 0.650. The van der Waals surface area contributed by atoms with Crippen LogP contribution in [0.1, 0.15) is 20.3 Å². The Balaban J connectivity index is 1.66. The maximum Gasteiger partial charge on any atom is 0.241 e. The van der Waals surface area contributed by atoms with Gasteiger partial charge in [0.05, 0.1) is 36.3 Å². The number of hydrogen-bond acceptors (Lipinski definition) is 5. The average molecular weight is 343 g/mol. The summed E-state index contributed by atoms with van der Waals surface area (Å²) in [5, 5.41) is 9.81. The minimum Gasteiger partial charge on any atom is -0.494 e. The van der Waals surface area contributed by atoms with Crippen LogP contribution < -0.4 is 9.64 Å². The molecule has 2 fully saturated rings. The van der Waals surface area contributed by atoms with E-state index in [0.29, 0.717) is 18.0 Å². The molecule has 2 saturated heterocycles. The molecule has 3 aliphatic heterocycles. The van der Waals surface area contributed by atoms with Gasteiger partial charge in [-0.1, -0.05) is 19.1 Å². The first kappa shape index (κ1) is 16.3. The molecule has 6 nitrogen and oxygen atoms in total. The van der Waals surface area contributed by atoms with Gasteiger partial charge < -0.3 is 14.6 Å². The van der Waals surface area contributed by atoms with Crippen molar-refractivity contribution in [2.75, 3.05) is 18.1 Å². The summed E-state index contributed by atoms with van der Waals surface area (Å²) in [7, 11) is 0. The summed E-state index contributed by atoms with van der Waals surface area (Å²) in [6, 6.07) is 6.94. The molecule has 6 heteroatoms. The van der Waals surface area contributed by atoms with Crippen molar-refractivity contribution in [3.8, 4) is 5.75 Å². The SMILES string of the molecule is CCCOc1ccc(N2C(=O)[C@@H]3[C@@H](C2=O)[C@@]2(CO)C=C[C@@]3(C)O2)cc1. The summed E-state index contributed by atoms with van der Waals surface area (Å²) in [5.74, 6) is -1.18. The number of carbonyl (C=O) groups excluding carboxylic acids is 2. The molecule has 3 aliphatic rings. The fourth-order valence-electron chi connectivity index (χ4n) is 4.21. The van der Waals surface area contributed by atoms with E-state index in [1.54, 1.807) is 43.3 Å². The molecule has 0 aliphatic carbocycles. The summed E-state index contributed by atoms with van der Waals surface area (Å²) < 4.78 is 11.4. The molecular weight excluding hydrogens is 322 g/mol. The van der Waals surface area contributed by atoms with Gasteiger partial charge in [-0.25, -0.2) is 4.90 Å². The van der Waals surface area contributed by atoms with Gasteiger partial charge in [-0.05, 0) is 37.6 Å². The summed E-state index contributed by atoms with van der Waals surface area (Å²) in [6.45, 7) is 4.11. The molecule has 4 atom stereocenters. The predicted molar refractivity (Wildman–Crippen MR) is 90.1 cm³/mol. The van der Waals surface area contributed by atoms with Crippen molar-refractivity contribution in [3.63, 3.8) is 0 Å². The Labute approximate surface area is 146 Å². The smallest absolute Gasteiger partial charge is 0.241 e. The lowest BCUT2D eigenvalue weighted by Gasteiger charge is -2.27. The first-order valence-electron chi connectivity index (χ1n) is 8.58. The number of benzene rings is 1. The van der Waals surface area contributed by atoms with Gasteiger partial charge in [0, 0.05) is 0 Å². The van der Waals surface area contributed by atoms with Gasteiger partial charge in [0.2, 0.25) is 11.8 Å². The number of ether oxygens (including phenoxy) is 2. The molecule has 4 rings (SSSR count). The molecule has 3 heterocycles. The molecule has 132 valence electrons. The van der Waals surface area contributed by atoms with Crippen LogP contribution in [0, 0.1) is 11.8 Å². The lowest BCUT2D eigenvalue weighted by atomic mass is 9.73. The molecular formula is C19H21NO5. The predicted octanol–water partition coefficient (Wildman–Crippen LogP) is 1.67. The Morgan fingerprint density at radius 3 is 2.48 bits per heavy atom. The Bertz CT molecular complexity index is 758. The number of imide groups is 1. The van der Waals surface area contributed by atoms with E-state index >= 15 is 0 Å². The highest BCUT2D eigenvalue weighted by Crippen LogP contribution is 2.57. The van der Waals surface area contributed by atoms with Gasteiger partial charge in [-0.15, -0.1) is 0 Å². The normalized spacial score (nSPS) is 35.6. The third-order valence-corrected chi connectivity index (χ3v) is 5.37. The van der Waals surface area contributed by atoms with Crippen molar-refractivity contribution in [1.29, 1.82) is 0 Å². The highest BCUT2D eigenvalue weighted by atomic mass is 16.5. The first-order chi connectivity index (χ1) is 12.0. The molecule has 25 heavy (non-hydrogen) atoms. The average Bonchev–Trinajstić information content (AvgIpc) is 3.19. The van der Waals surface area contributed by atoms with E-state index in [0.717, 1.165) is 6.42 Å². The van der Waals surface area contributed by atoms with Gasteiger partial charge in [-0.2, -0.15) is 0 Å². The molecule has 1 N–H and O–H groups in total. The van der Waals surface area contributed by atoms with Crippen molar-refractivity contribution in [2.24, 2.45) is 11.8 Å². The van der Waals surface area contributed by atoms with E-state index in [4.69, 9.17) is 9.47 Å². The zero-order chi connectivity index (χ0) is 17.8. The molecule has 2 amide bonds. The van der Waals surface area contributed by atoms with E-state index < -0.39 is 23.0 Å². The van der Waals surface area contributed by atoms with Crippen LogP contribution in [0.2, 0.25) is 0 Å². The number of anilines is 1. The van der Waals surface area contributed by atoms with Crippen molar-refractivity contribution in [1.82, 2.24) is 0 Å². The molecule has 0 saturated carbocycles. The summed E-state index contributed by atoms with van der Waals surface area (Å²) in [5.41, 5.74) is -1.42. The maximum absolute atomic E-state index is 13.0. The summed E-state index contributed by atoms with van der Waals surface area (Å²) in [6.07, 6.45) is 4.42. The second-order valence-electron chi connectivity index (χ2n) is 7.04. The van der Waals surface area contributed by atoms with Crippen molar-refractivity contribution >= 4 is 17.5 Å². The van der Waals surface area contributed by atoms with Crippen molar-refractivity contribution < 1.29 is 24.2 Å². The van der Waals surface area contributed by atoms with E-state index in [1.165, 1.54) is 4.90 Å². The van der Waals surface area contributed by atoms with Crippen LogP contribution in [-0.4, -0.2) is 41.3 Å². The highest BCUT2D eigenvalue weighted by Gasteiger charge is 2.72. The Morgan fingerprint density at radius 2 is 1.84 bits per heavy atom. The second-order valence-corrected chi connectivity index (χ2v) is 7.04. The number of fused-ring (bicyclic) bond motifs is 5. The monoisotopic (exact) mass is 343 g/mol. The van der Waals surface area contributed by atoms with Gasteiger partial charge >= 0.3 is 0 Å². The third kappa shape index (κ3) is 2.10. The topological polar surface area (TPSA) is 76.1 Å². The van der Waals surface area contributed by atoms with E-state index in [9.17, 15) is 14.7 Å². The van der Waals surface area contributed by atoms with Crippen LogP contribution in [0.25, 0.3) is 0 Å². The summed E-state index contributed by atoms with van der Waals surface area (Å²) in [4.78, 5) is 27.2. The minimum atomic E-state index is -1.09. The van der Waals surface area contributed by atoms with Gasteiger partial charge in [0.1, 0.15) is 11.4 Å². The van der Waals surface area contributed by atoms with Gasteiger partial charge in [-0.3, -0.25) is 9.59 Å². The number of nitrogens with zero attached hydrogens (tertiary/aromatic N) is 1. The largest absolute Gasteiger partial charge is 0.494 e. The molecule has 1 aromatic rings. The molecule has 0 radical (unpaired) electrons. The van der Waals surface area contributed by atoms with Crippen LogP contribution in [0.4, 0.5) is 5.69 Å². The van der Waals surface area contributed by atoms with Gasteiger partial charge in [0.15, 0.2) is 0 Å². The number of carbonyl (C=O) groups is 2. The first-order valence-corrected chi connectivity index (χ1v) is 8.58. The standard InChI is InChI=1S/C19H21NO5/c1-3-10-24-13-6-4-12(5-7-13)20-16(22)14-15(17(20)23)19(11-21)9-8-18(14,2)25-19/h4-9,14-15,21H,3,10-11H2,1-2H3/t14-,15-,18+,19-/m0/s1. The van der Waals surface area contributed by atoms with Crippen LogP contribution in [-0.2, 0) is 14.3 Å². The minimum absolute atomic E-state index is 0.278. The highest BCUT2D eigenvalue weighted by molar-refractivity contribution is 6.23. The molecule has 2 bridgehead atoms. The van der Waals surface area contributed by atoms with Crippen LogP contribution >= 0.6 is 0 Å². The van der Waals surface area contributed by atoms with Crippen LogP contribution in [0.3, 0.4) is 0 Å². The van der Waals surface area contributed by atoms with E-state index in [2.05, 4.69) is 0 Å². The third-order valence-electron chi connectivity index (χ3n) is 5.37. The Hall–Kier alpha value is -2.18. The summed E-state index contributed by atoms with van der Waals surface area (Å²) >= 11 is 0. The van der Waals surface area contributed by atoms with Crippen LogP contribution in [0.15, 0.2) is 36.4 Å². The molecule has 1 aromatic carbocycles. The van der Waals surface area contributed by atoms with Gasteiger partial charge in [0.25, 0.3) is 0 Å². The molecule has 0 aromatic heterocycles. The van der Waals surface area contributed by atoms with Crippen molar-refractivity contribution in [2.45, 2.75) is 31.5 Å². The molecule has 0 spiro atoms. The number of rotatable bonds is 5. The lowest BCUT2D eigenvalue weighted by Crippen LogP contribution is -2.43. The molecule has 0 unspecified atom stereocenters. The zero-order valence-electron chi connectivity index (χ0n) is 14.3. The number of aliphatic hydroxyl groups is 1. The number of aliphatic hydroxyl groups excluding tert-OH is 1. The zero-order valence-corrected chi connectivity index (χ0v) is 14.3. The Kier molecular flexibility index (Phi) is 3.53. The fraction of sp³-hybridized carbons (Fsp3) is 0.474. The van der Waals surface area contributed by atoms with Crippen molar-refractivity contribution in [3.05, 3.63) is 36.4 Å². The van der Waals surface area contributed by atoms with Crippen LogP contribution in [0.5, 0.6) is 5.75 Å². The van der Waals surface area contributed by atoms with E-state index in [-0.39, 0.29) is 18.4 Å². The Morgan fingerprint density at radius 1 is 1.16 bits per heavy atom. The fourth-order valence-corrected chi connectivity index (χ4v) is 4.21. The lowest BCUT2D eigenvalue weighted by molar-refractivity contribution is -0.131. The maximum atomic E-state index is 13.0.